The van der Waals surface area contributed by atoms with Crippen molar-refractivity contribution < 1.29 is 4.79 Å². The molecule has 1 aromatic carbocycles. The van der Waals surface area contributed by atoms with Crippen molar-refractivity contribution >= 4 is 54.9 Å². The van der Waals surface area contributed by atoms with Gasteiger partial charge in [0.15, 0.2) is 0 Å². The standard InChI is InChI=1S/C23H24BrN5OS/c24-16-5-3-6-17(13-16)27-22-21-18-8-12-29(14-19(18)31-23(21)26-15-25-22)20(30)7-4-11-28-9-1-2-10-28/h3-7,13,15H,1-2,8-12,14H2,(H,25,26,27). The molecule has 2 aromatic heterocycles. The maximum atomic E-state index is 12.7. The van der Waals surface area contributed by atoms with Gasteiger partial charge in [0.25, 0.3) is 0 Å². The minimum absolute atomic E-state index is 0.0980. The summed E-state index contributed by atoms with van der Waals surface area (Å²) < 4.78 is 1.02. The molecule has 0 atom stereocenters. The first-order chi connectivity index (χ1) is 15.2. The second-order valence-corrected chi connectivity index (χ2v) is 9.96. The highest BCUT2D eigenvalue weighted by Crippen LogP contribution is 2.38. The molecule has 3 aromatic rings. The second kappa shape index (κ2) is 9.06. The number of hydrogen-bond donors (Lipinski definition) is 1. The lowest BCUT2D eigenvalue weighted by atomic mass is 10.0. The van der Waals surface area contributed by atoms with Gasteiger partial charge < -0.3 is 10.2 Å². The number of anilines is 2. The van der Waals surface area contributed by atoms with Gasteiger partial charge in [-0.3, -0.25) is 9.69 Å². The highest BCUT2D eigenvalue weighted by molar-refractivity contribution is 9.10. The van der Waals surface area contributed by atoms with E-state index in [-0.39, 0.29) is 5.91 Å². The third-order valence-electron chi connectivity index (χ3n) is 5.86. The van der Waals surface area contributed by atoms with Crippen LogP contribution < -0.4 is 5.32 Å². The Hall–Kier alpha value is -2.29. The van der Waals surface area contributed by atoms with Crippen molar-refractivity contribution in [3.8, 4) is 0 Å². The predicted molar refractivity (Wildman–Crippen MR) is 129 cm³/mol. The van der Waals surface area contributed by atoms with Gasteiger partial charge in [-0.05, 0) is 56.1 Å². The summed E-state index contributed by atoms with van der Waals surface area (Å²) in [5, 5.41) is 4.52. The van der Waals surface area contributed by atoms with Crippen molar-refractivity contribution in [1.82, 2.24) is 19.8 Å². The van der Waals surface area contributed by atoms with Crippen molar-refractivity contribution in [2.24, 2.45) is 0 Å². The number of halogens is 1. The van der Waals surface area contributed by atoms with Crippen LogP contribution in [-0.4, -0.2) is 51.9 Å². The Morgan fingerprint density at radius 3 is 2.94 bits per heavy atom. The predicted octanol–water partition coefficient (Wildman–Crippen LogP) is 4.73. The Bertz CT molecular complexity index is 1140. The summed E-state index contributed by atoms with van der Waals surface area (Å²) in [7, 11) is 0. The van der Waals surface area contributed by atoms with Crippen LogP contribution in [0.15, 0.2) is 47.2 Å². The normalized spacial score (nSPS) is 16.9. The molecule has 1 N–H and O–H groups in total. The smallest absolute Gasteiger partial charge is 0.246 e. The zero-order valence-electron chi connectivity index (χ0n) is 17.2. The molecule has 6 nitrogen and oxygen atoms in total. The second-order valence-electron chi connectivity index (χ2n) is 7.96. The van der Waals surface area contributed by atoms with Gasteiger partial charge in [0, 0.05) is 34.2 Å². The molecule has 8 heteroatoms. The summed E-state index contributed by atoms with van der Waals surface area (Å²) >= 11 is 5.18. The van der Waals surface area contributed by atoms with Gasteiger partial charge in [0.2, 0.25) is 5.91 Å². The van der Waals surface area contributed by atoms with E-state index in [1.807, 2.05) is 35.2 Å². The molecule has 1 amide bonds. The summed E-state index contributed by atoms with van der Waals surface area (Å²) in [6.07, 6.45) is 8.72. The number of hydrogen-bond acceptors (Lipinski definition) is 6. The molecule has 1 fully saturated rings. The molecule has 0 aliphatic carbocycles. The fourth-order valence-electron chi connectivity index (χ4n) is 4.29. The minimum atomic E-state index is 0.0980. The number of likely N-dealkylation sites (tertiary alicyclic amines) is 1. The highest BCUT2D eigenvalue weighted by atomic mass is 79.9. The van der Waals surface area contributed by atoms with Crippen molar-refractivity contribution in [2.45, 2.75) is 25.8 Å². The first-order valence-electron chi connectivity index (χ1n) is 10.6. The molecule has 0 saturated carbocycles. The SMILES string of the molecule is O=C(C=CCN1CCCC1)N1CCc2c(sc3ncnc(Nc4cccc(Br)c4)c23)C1. The number of nitrogens with one attached hydrogen (secondary N) is 1. The third kappa shape index (κ3) is 4.51. The number of amides is 1. The van der Waals surface area contributed by atoms with Crippen LogP contribution in [0.2, 0.25) is 0 Å². The van der Waals surface area contributed by atoms with Gasteiger partial charge in [-0.15, -0.1) is 11.3 Å². The number of nitrogens with zero attached hydrogens (tertiary/aromatic N) is 4. The van der Waals surface area contributed by atoms with Crippen LogP contribution in [0.5, 0.6) is 0 Å². The first-order valence-corrected chi connectivity index (χ1v) is 12.2. The molecule has 5 rings (SSSR count). The Balaban J connectivity index is 1.33. The Morgan fingerprint density at radius 1 is 1.23 bits per heavy atom. The third-order valence-corrected chi connectivity index (χ3v) is 7.48. The van der Waals surface area contributed by atoms with E-state index in [4.69, 9.17) is 0 Å². The summed E-state index contributed by atoms with van der Waals surface area (Å²) in [4.78, 5) is 28.2. The van der Waals surface area contributed by atoms with Gasteiger partial charge in [0.1, 0.15) is 17.0 Å². The van der Waals surface area contributed by atoms with Crippen molar-refractivity contribution in [3.05, 3.63) is 57.7 Å². The lowest BCUT2D eigenvalue weighted by Crippen LogP contribution is -2.34. The molecule has 1 saturated heterocycles. The van der Waals surface area contributed by atoms with E-state index in [0.717, 1.165) is 58.8 Å². The van der Waals surface area contributed by atoms with Crippen LogP contribution in [0, 0.1) is 0 Å². The average Bonchev–Trinajstić information content (AvgIpc) is 3.41. The van der Waals surface area contributed by atoms with E-state index in [1.54, 1.807) is 23.7 Å². The quantitative estimate of drug-likeness (QED) is 0.516. The van der Waals surface area contributed by atoms with Gasteiger partial charge in [-0.25, -0.2) is 9.97 Å². The van der Waals surface area contributed by atoms with Crippen molar-refractivity contribution in [1.29, 1.82) is 0 Å². The largest absolute Gasteiger partial charge is 0.340 e. The Kier molecular flexibility index (Phi) is 6.02. The summed E-state index contributed by atoms with van der Waals surface area (Å²) in [6.45, 7) is 4.51. The van der Waals surface area contributed by atoms with Gasteiger partial charge in [0.05, 0.1) is 11.9 Å². The zero-order valence-corrected chi connectivity index (χ0v) is 19.6. The maximum Gasteiger partial charge on any atom is 0.246 e. The molecule has 0 spiro atoms. The van der Waals surface area contributed by atoms with E-state index in [1.165, 1.54) is 23.3 Å². The van der Waals surface area contributed by atoms with Crippen LogP contribution in [0.1, 0.15) is 23.3 Å². The van der Waals surface area contributed by atoms with E-state index < -0.39 is 0 Å². The zero-order chi connectivity index (χ0) is 21.2. The van der Waals surface area contributed by atoms with Crippen LogP contribution >= 0.6 is 27.3 Å². The van der Waals surface area contributed by atoms with Crippen LogP contribution in [0.4, 0.5) is 11.5 Å². The number of carbonyl (C=O) groups is 1. The molecule has 0 unspecified atom stereocenters. The van der Waals surface area contributed by atoms with E-state index in [2.05, 4.69) is 36.1 Å². The minimum Gasteiger partial charge on any atom is -0.340 e. The molecular weight excluding hydrogens is 474 g/mol. The van der Waals surface area contributed by atoms with Crippen molar-refractivity contribution in [3.63, 3.8) is 0 Å². The van der Waals surface area contributed by atoms with E-state index in [0.29, 0.717) is 6.54 Å². The monoisotopic (exact) mass is 497 g/mol. The highest BCUT2D eigenvalue weighted by Gasteiger charge is 2.25. The van der Waals surface area contributed by atoms with E-state index >= 15 is 0 Å². The van der Waals surface area contributed by atoms with E-state index in [9.17, 15) is 4.79 Å². The number of aromatic nitrogens is 2. The summed E-state index contributed by atoms with van der Waals surface area (Å²) in [6, 6.07) is 8.04. The number of fused-ring (bicyclic) bond motifs is 3. The van der Waals surface area contributed by atoms with Gasteiger partial charge >= 0.3 is 0 Å². The summed E-state index contributed by atoms with van der Waals surface area (Å²) in [5.41, 5.74) is 2.24. The first kappa shape index (κ1) is 20.6. The van der Waals surface area contributed by atoms with Gasteiger partial charge in [-0.1, -0.05) is 28.1 Å². The van der Waals surface area contributed by atoms with Crippen LogP contribution in [0.25, 0.3) is 10.2 Å². The molecule has 4 heterocycles. The fraction of sp³-hybridized carbons (Fsp3) is 0.348. The Morgan fingerprint density at radius 2 is 2.10 bits per heavy atom. The number of carbonyl (C=O) groups excluding carboxylic acids is 1. The number of thiophene rings is 1. The van der Waals surface area contributed by atoms with Gasteiger partial charge in [-0.2, -0.15) is 0 Å². The Labute approximate surface area is 194 Å². The van der Waals surface area contributed by atoms with Crippen molar-refractivity contribution in [2.75, 3.05) is 31.5 Å². The lowest BCUT2D eigenvalue weighted by Gasteiger charge is -2.26. The molecule has 0 bridgehead atoms. The number of benzene rings is 1. The molecule has 2 aliphatic heterocycles. The maximum absolute atomic E-state index is 12.7. The molecule has 160 valence electrons. The molecule has 0 radical (unpaired) electrons. The molecule has 31 heavy (non-hydrogen) atoms. The lowest BCUT2D eigenvalue weighted by molar-refractivity contribution is -0.126. The number of rotatable bonds is 5. The fourth-order valence-corrected chi connectivity index (χ4v) is 5.89. The molecular formula is C23H24BrN5OS. The van der Waals surface area contributed by atoms with Crippen LogP contribution in [0.3, 0.4) is 0 Å². The van der Waals surface area contributed by atoms with Crippen LogP contribution in [-0.2, 0) is 17.8 Å². The molecule has 2 aliphatic rings. The topological polar surface area (TPSA) is 61.4 Å². The average molecular weight is 498 g/mol. The summed E-state index contributed by atoms with van der Waals surface area (Å²) in [5.74, 6) is 0.923.